The molecule has 0 aromatic heterocycles. The number of benzene rings is 1. The Morgan fingerprint density at radius 3 is 2.21 bits per heavy atom. The molecule has 0 atom stereocenters. The summed E-state index contributed by atoms with van der Waals surface area (Å²) in [7, 11) is 0. The Kier molecular flexibility index (Phi) is 4.45. The van der Waals surface area contributed by atoms with E-state index in [2.05, 4.69) is 17.2 Å². The lowest BCUT2D eigenvalue weighted by Gasteiger charge is -2.42. The Hall–Kier alpha value is -2.14. The smallest absolute Gasteiger partial charge is 0.243 e. The third-order valence-corrected chi connectivity index (χ3v) is 5.27. The molecule has 128 valence electrons. The van der Waals surface area contributed by atoms with Crippen LogP contribution in [-0.2, 0) is 22.4 Å². The summed E-state index contributed by atoms with van der Waals surface area (Å²) in [5.41, 5.74) is 1.25. The average Bonchev–Trinajstić information content (AvgIpc) is 2.90. The minimum atomic E-state index is -0.631. The predicted molar refractivity (Wildman–Crippen MR) is 91.3 cm³/mol. The number of amides is 2. The minimum Gasteiger partial charge on any atom is -0.394 e. The van der Waals surface area contributed by atoms with Gasteiger partial charge >= 0.3 is 0 Å². The SMILES string of the molecule is C=CC(=O)NC1(CC(=O)NC2(CO)Cc3ccccc3C2)CCC1. The molecular formula is C19H24N2O3. The van der Waals surface area contributed by atoms with Crippen molar-refractivity contribution in [1.29, 1.82) is 0 Å². The lowest BCUT2D eigenvalue weighted by atomic mass is 9.74. The van der Waals surface area contributed by atoms with Crippen molar-refractivity contribution in [3.05, 3.63) is 48.0 Å². The molecule has 0 bridgehead atoms. The molecule has 24 heavy (non-hydrogen) atoms. The van der Waals surface area contributed by atoms with Gasteiger partial charge in [0.25, 0.3) is 0 Å². The van der Waals surface area contributed by atoms with E-state index in [-0.39, 0.29) is 24.8 Å². The molecule has 0 heterocycles. The Bertz CT molecular complexity index is 639. The fraction of sp³-hybridized carbons (Fsp3) is 0.474. The molecule has 2 aliphatic rings. The first-order valence-electron chi connectivity index (χ1n) is 8.43. The summed E-state index contributed by atoms with van der Waals surface area (Å²) in [4.78, 5) is 24.2. The number of carbonyl (C=O) groups excluding carboxylic acids is 2. The molecule has 1 aromatic rings. The Balaban J connectivity index is 1.66. The molecule has 3 rings (SSSR count). The van der Waals surface area contributed by atoms with E-state index >= 15 is 0 Å². The van der Waals surface area contributed by atoms with Crippen LogP contribution in [0.4, 0.5) is 0 Å². The maximum atomic E-state index is 12.6. The van der Waals surface area contributed by atoms with Gasteiger partial charge in [-0.15, -0.1) is 0 Å². The van der Waals surface area contributed by atoms with Gasteiger partial charge in [-0.2, -0.15) is 0 Å². The van der Waals surface area contributed by atoms with Gasteiger partial charge in [-0.25, -0.2) is 0 Å². The molecular weight excluding hydrogens is 304 g/mol. The zero-order valence-corrected chi connectivity index (χ0v) is 13.8. The van der Waals surface area contributed by atoms with Gasteiger partial charge < -0.3 is 15.7 Å². The second-order valence-corrected chi connectivity index (χ2v) is 7.11. The van der Waals surface area contributed by atoms with Gasteiger partial charge in [-0.3, -0.25) is 9.59 Å². The summed E-state index contributed by atoms with van der Waals surface area (Å²) in [6.45, 7) is 3.37. The maximum absolute atomic E-state index is 12.6. The number of fused-ring (bicyclic) bond motifs is 1. The monoisotopic (exact) mass is 328 g/mol. The van der Waals surface area contributed by atoms with Gasteiger partial charge in [0.15, 0.2) is 0 Å². The van der Waals surface area contributed by atoms with Crippen LogP contribution in [0.5, 0.6) is 0 Å². The third-order valence-electron chi connectivity index (χ3n) is 5.27. The molecule has 0 spiro atoms. The van der Waals surface area contributed by atoms with Gasteiger partial charge in [0.2, 0.25) is 11.8 Å². The van der Waals surface area contributed by atoms with Crippen molar-refractivity contribution in [1.82, 2.24) is 10.6 Å². The first-order chi connectivity index (χ1) is 11.5. The lowest BCUT2D eigenvalue weighted by molar-refractivity contribution is -0.127. The van der Waals surface area contributed by atoms with Crippen LogP contribution in [0, 0.1) is 0 Å². The minimum absolute atomic E-state index is 0.0978. The van der Waals surface area contributed by atoms with E-state index in [1.807, 2.05) is 24.3 Å². The Morgan fingerprint density at radius 2 is 1.75 bits per heavy atom. The summed E-state index contributed by atoms with van der Waals surface area (Å²) in [6, 6.07) is 8.03. The highest BCUT2D eigenvalue weighted by Gasteiger charge is 2.43. The Morgan fingerprint density at radius 1 is 1.12 bits per heavy atom. The second kappa shape index (κ2) is 6.40. The summed E-state index contributed by atoms with van der Waals surface area (Å²) in [6.07, 6.45) is 5.35. The van der Waals surface area contributed by atoms with Crippen LogP contribution >= 0.6 is 0 Å². The van der Waals surface area contributed by atoms with Gasteiger partial charge in [0.05, 0.1) is 12.1 Å². The molecule has 0 aliphatic heterocycles. The number of aliphatic hydroxyl groups excluding tert-OH is 1. The van der Waals surface area contributed by atoms with Gasteiger partial charge in [-0.1, -0.05) is 30.8 Å². The fourth-order valence-corrected chi connectivity index (χ4v) is 3.84. The van der Waals surface area contributed by atoms with Crippen LogP contribution in [-0.4, -0.2) is 34.6 Å². The van der Waals surface area contributed by atoms with Crippen LogP contribution in [0.3, 0.4) is 0 Å². The standard InChI is InChI=1S/C19H24N2O3/c1-2-16(23)20-18(8-5-9-18)12-17(24)21-19(13-22)10-14-6-3-4-7-15(14)11-19/h2-4,6-7,22H,1,5,8-13H2,(H,20,23)(H,21,24). The van der Waals surface area contributed by atoms with E-state index in [4.69, 9.17) is 0 Å². The molecule has 0 unspecified atom stereocenters. The normalized spacial score (nSPS) is 19.7. The van der Waals surface area contributed by atoms with Crippen LogP contribution in [0.25, 0.3) is 0 Å². The van der Waals surface area contributed by atoms with E-state index in [9.17, 15) is 14.7 Å². The lowest BCUT2D eigenvalue weighted by Crippen LogP contribution is -2.58. The summed E-state index contributed by atoms with van der Waals surface area (Å²) < 4.78 is 0. The summed E-state index contributed by atoms with van der Waals surface area (Å²) in [5.74, 6) is -0.367. The van der Waals surface area contributed by atoms with Crippen LogP contribution in [0.15, 0.2) is 36.9 Å². The number of rotatable bonds is 6. The van der Waals surface area contributed by atoms with Crippen molar-refractivity contribution in [3.8, 4) is 0 Å². The molecule has 2 amide bonds. The average molecular weight is 328 g/mol. The van der Waals surface area contributed by atoms with E-state index in [1.165, 1.54) is 17.2 Å². The molecule has 2 aliphatic carbocycles. The number of nitrogens with one attached hydrogen (secondary N) is 2. The fourth-order valence-electron chi connectivity index (χ4n) is 3.84. The first kappa shape index (κ1) is 16.7. The molecule has 0 saturated heterocycles. The molecule has 0 radical (unpaired) electrons. The van der Waals surface area contributed by atoms with Crippen LogP contribution in [0.1, 0.15) is 36.8 Å². The van der Waals surface area contributed by atoms with Gasteiger partial charge in [-0.05, 0) is 49.3 Å². The van der Waals surface area contributed by atoms with E-state index in [0.717, 1.165) is 19.3 Å². The van der Waals surface area contributed by atoms with E-state index < -0.39 is 11.1 Å². The highest BCUT2D eigenvalue weighted by molar-refractivity contribution is 5.88. The highest BCUT2D eigenvalue weighted by Crippen LogP contribution is 2.36. The zero-order chi connectivity index (χ0) is 17.2. The molecule has 1 aromatic carbocycles. The van der Waals surface area contributed by atoms with E-state index in [0.29, 0.717) is 12.8 Å². The van der Waals surface area contributed by atoms with Crippen LogP contribution in [0.2, 0.25) is 0 Å². The van der Waals surface area contributed by atoms with Crippen molar-refractivity contribution < 1.29 is 14.7 Å². The number of hydrogen-bond donors (Lipinski definition) is 3. The quantitative estimate of drug-likeness (QED) is 0.688. The molecule has 5 nitrogen and oxygen atoms in total. The maximum Gasteiger partial charge on any atom is 0.243 e. The van der Waals surface area contributed by atoms with Crippen molar-refractivity contribution in [2.75, 3.05) is 6.61 Å². The number of hydrogen-bond acceptors (Lipinski definition) is 3. The zero-order valence-electron chi connectivity index (χ0n) is 13.8. The second-order valence-electron chi connectivity index (χ2n) is 7.11. The summed E-state index contributed by atoms with van der Waals surface area (Å²) >= 11 is 0. The van der Waals surface area contributed by atoms with Crippen molar-refractivity contribution in [2.24, 2.45) is 0 Å². The molecule has 1 saturated carbocycles. The summed E-state index contributed by atoms with van der Waals surface area (Å²) in [5, 5.41) is 15.8. The van der Waals surface area contributed by atoms with Gasteiger partial charge in [0.1, 0.15) is 0 Å². The first-order valence-corrected chi connectivity index (χ1v) is 8.43. The third kappa shape index (κ3) is 3.22. The molecule has 5 heteroatoms. The van der Waals surface area contributed by atoms with Crippen molar-refractivity contribution >= 4 is 11.8 Å². The van der Waals surface area contributed by atoms with Gasteiger partial charge in [0, 0.05) is 12.0 Å². The Labute approximate surface area is 142 Å². The predicted octanol–water partition coefficient (Wildman–Crippen LogP) is 1.25. The number of carbonyl (C=O) groups is 2. The van der Waals surface area contributed by atoms with Crippen molar-refractivity contribution in [2.45, 2.75) is 49.6 Å². The van der Waals surface area contributed by atoms with Crippen molar-refractivity contribution in [3.63, 3.8) is 0 Å². The molecule has 3 N–H and O–H groups in total. The van der Waals surface area contributed by atoms with Crippen LogP contribution < -0.4 is 10.6 Å². The topological polar surface area (TPSA) is 78.4 Å². The highest BCUT2D eigenvalue weighted by atomic mass is 16.3. The largest absolute Gasteiger partial charge is 0.394 e. The molecule has 1 fully saturated rings. The van der Waals surface area contributed by atoms with E-state index in [1.54, 1.807) is 0 Å². The number of aliphatic hydroxyl groups is 1.